The van der Waals surface area contributed by atoms with E-state index in [1.165, 1.54) is 0 Å². The van der Waals surface area contributed by atoms with Crippen LogP contribution in [0, 0.1) is 5.92 Å². The summed E-state index contributed by atoms with van der Waals surface area (Å²) in [4.78, 5) is 2.41. The van der Waals surface area contributed by atoms with E-state index in [1.807, 2.05) is 0 Å². The molecule has 1 saturated carbocycles. The van der Waals surface area contributed by atoms with Crippen molar-refractivity contribution in [3.63, 3.8) is 0 Å². The standard InChI is InChI=1S/C9H16NO2/c1-12-3-2-10-6-7-4-8(10)5-9(7)11/h7-9H,2-6H2,1H3/t7-,8-,9-/m1/s1. The Morgan fingerprint density at radius 2 is 2.33 bits per heavy atom. The molecule has 2 bridgehead atoms. The number of nitrogens with zero attached hydrogens (tertiary/aromatic N) is 1. The van der Waals surface area contributed by atoms with E-state index in [1.54, 1.807) is 7.11 Å². The van der Waals surface area contributed by atoms with Gasteiger partial charge in [-0.25, -0.2) is 5.11 Å². The minimum absolute atomic E-state index is 0.270. The van der Waals surface area contributed by atoms with Crippen LogP contribution in [0.25, 0.3) is 0 Å². The lowest BCUT2D eigenvalue weighted by Crippen LogP contribution is -2.38. The van der Waals surface area contributed by atoms with Crippen LogP contribution in [0.4, 0.5) is 0 Å². The first-order chi connectivity index (χ1) is 5.81. The van der Waals surface area contributed by atoms with E-state index in [0.29, 0.717) is 12.0 Å². The van der Waals surface area contributed by atoms with Crippen molar-refractivity contribution in [3.05, 3.63) is 0 Å². The molecule has 2 aliphatic rings. The molecule has 0 spiro atoms. The highest BCUT2D eigenvalue weighted by atomic mass is 16.5. The molecule has 2 rings (SSSR count). The van der Waals surface area contributed by atoms with Crippen molar-refractivity contribution in [2.24, 2.45) is 5.92 Å². The second-order valence-electron chi connectivity index (χ2n) is 3.91. The molecular weight excluding hydrogens is 154 g/mol. The van der Waals surface area contributed by atoms with E-state index in [9.17, 15) is 5.11 Å². The summed E-state index contributed by atoms with van der Waals surface area (Å²) in [6.07, 6.45) is 1.74. The topological polar surface area (TPSA) is 32.4 Å². The Hall–Kier alpha value is -0.120. The second kappa shape index (κ2) is 3.32. The molecule has 0 aromatic heterocycles. The van der Waals surface area contributed by atoms with Crippen molar-refractivity contribution in [2.45, 2.75) is 25.0 Å². The fourth-order valence-corrected chi connectivity index (χ4v) is 2.48. The van der Waals surface area contributed by atoms with Crippen molar-refractivity contribution in [1.82, 2.24) is 4.90 Å². The Morgan fingerprint density at radius 3 is 2.83 bits per heavy atom. The molecule has 0 aromatic rings. The van der Waals surface area contributed by atoms with Gasteiger partial charge in [-0.15, -0.1) is 0 Å². The molecule has 1 radical (unpaired) electrons. The molecule has 0 amide bonds. The van der Waals surface area contributed by atoms with E-state index in [-0.39, 0.29) is 6.10 Å². The molecule has 1 aliphatic heterocycles. The molecule has 3 nitrogen and oxygen atoms in total. The van der Waals surface area contributed by atoms with Gasteiger partial charge in [-0.05, 0) is 12.8 Å². The number of hydrogen-bond acceptors (Lipinski definition) is 2. The zero-order valence-corrected chi connectivity index (χ0v) is 7.53. The SMILES string of the molecule is COCCN1C[C@H]2C[C@@H]1C[C@H]2[O]. The van der Waals surface area contributed by atoms with Crippen molar-refractivity contribution in [3.8, 4) is 0 Å². The summed E-state index contributed by atoms with van der Waals surface area (Å²) in [7, 11) is 1.73. The van der Waals surface area contributed by atoms with Crippen LogP contribution >= 0.6 is 0 Å². The summed E-state index contributed by atoms with van der Waals surface area (Å²) in [5.74, 6) is 0.437. The first-order valence-electron chi connectivity index (χ1n) is 4.70. The van der Waals surface area contributed by atoms with Crippen molar-refractivity contribution < 1.29 is 9.84 Å². The van der Waals surface area contributed by atoms with Crippen LogP contribution in [0.5, 0.6) is 0 Å². The van der Waals surface area contributed by atoms with Gasteiger partial charge in [-0.3, -0.25) is 4.90 Å². The molecule has 3 atom stereocenters. The van der Waals surface area contributed by atoms with Crippen LogP contribution in [0.1, 0.15) is 12.8 Å². The minimum atomic E-state index is -0.270. The summed E-state index contributed by atoms with van der Waals surface area (Å²) in [6, 6.07) is 0.577. The van der Waals surface area contributed by atoms with Crippen LogP contribution in [-0.2, 0) is 9.84 Å². The van der Waals surface area contributed by atoms with Gasteiger partial charge in [0.25, 0.3) is 0 Å². The average molecular weight is 170 g/mol. The van der Waals surface area contributed by atoms with Crippen LogP contribution in [0.15, 0.2) is 0 Å². The van der Waals surface area contributed by atoms with E-state index in [4.69, 9.17) is 4.74 Å². The van der Waals surface area contributed by atoms with Gasteiger partial charge in [-0.1, -0.05) is 0 Å². The first-order valence-corrected chi connectivity index (χ1v) is 4.70. The third kappa shape index (κ3) is 1.37. The highest BCUT2D eigenvalue weighted by molar-refractivity contribution is 4.97. The van der Waals surface area contributed by atoms with Gasteiger partial charge in [0.1, 0.15) is 0 Å². The number of piperidine rings is 1. The summed E-state index contributed by atoms with van der Waals surface area (Å²) in [6.45, 7) is 2.82. The fourth-order valence-electron chi connectivity index (χ4n) is 2.48. The van der Waals surface area contributed by atoms with Gasteiger partial charge in [0.2, 0.25) is 0 Å². The lowest BCUT2D eigenvalue weighted by atomic mass is 10.1. The monoisotopic (exact) mass is 170 g/mol. The lowest BCUT2D eigenvalue weighted by molar-refractivity contribution is 0.0136. The molecule has 3 heteroatoms. The summed E-state index contributed by atoms with van der Waals surface area (Å²) < 4.78 is 5.02. The van der Waals surface area contributed by atoms with E-state index in [2.05, 4.69) is 4.90 Å². The largest absolute Gasteiger partial charge is 0.383 e. The Labute approximate surface area is 73.3 Å². The predicted octanol–water partition coefficient (Wildman–Crippen LogP) is 0.526. The molecule has 1 aliphatic carbocycles. The smallest absolute Gasteiger partial charge is 0.0985 e. The lowest BCUT2D eigenvalue weighted by Gasteiger charge is -2.27. The van der Waals surface area contributed by atoms with Gasteiger partial charge >= 0.3 is 0 Å². The maximum Gasteiger partial charge on any atom is 0.0985 e. The Balaban J connectivity index is 1.82. The molecule has 0 aromatic carbocycles. The molecule has 2 fully saturated rings. The Bertz CT molecular complexity index is 161. The number of ether oxygens (including phenoxy) is 1. The highest BCUT2D eigenvalue weighted by Crippen LogP contribution is 2.37. The van der Waals surface area contributed by atoms with Gasteiger partial charge < -0.3 is 4.74 Å². The number of hydrogen-bond donors (Lipinski definition) is 0. The minimum Gasteiger partial charge on any atom is -0.383 e. The van der Waals surface area contributed by atoms with Crippen molar-refractivity contribution in [2.75, 3.05) is 26.8 Å². The quantitative estimate of drug-likeness (QED) is 0.618. The normalized spacial score (nSPS) is 41.0. The first kappa shape index (κ1) is 8.48. The van der Waals surface area contributed by atoms with Crippen molar-refractivity contribution in [1.29, 1.82) is 0 Å². The molecule has 0 N–H and O–H groups in total. The third-order valence-corrected chi connectivity index (χ3v) is 3.17. The maximum atomic E-state index is 11.3. The second-order valence-corrected chi connectivity index (χ2v) is 3.91. The van der Waals surface area contributed by atoms with Gasteiger partial charge in [-0.2, -0.15) is 0 Å². The van der Waals surface area contributed by atoms with E-state index < -0.39 is 0 Å². The van der Waals surface area contributed by atoms with E-state index in [0.717, 1.165) is 32.5 Å². The van der Waals surface area contributed by atoms with Crippen LogP contribution in [0.3, 0.4) is 0 Å². The van der Waals surface area contributed by atoms with E-state index >= 15 is 0 Å². The summed E-state index contributed by atoms with van der Waals surface area (Å²) >= 11 is 0. The average Bonchev–Trinajstić information content (AvgIpc) is 2.58. The number of rotatable bonds is 3. The molecule has 1 heterocycles. The summed E-state index contributed by atoms with van der Waals surface area (Å²) in [5, 5.41) is 11.3. The van der Waals surface area contributed by atoms with Gasteiger partial charge in [0.15, 0.2) is 0 Å². The molecular formula is C9H16NO2. The fraction of sp³-hybridized carbons (Fsp3) is 1.00. The number of fused-ring (bicyclic) bond motifs is 2. The van der Waals surface area contributed by atoms with Crippen molar-refractivity contribution >= 4 is 0 Å². The zero-order valence-electron chi connectivity index (χ0n) is 7.53. The van der Waals surface area contributed by atoms with Crippen LogP contribution in [-0.4, -0.2) is 43.9 Å². The Kier molecular flexibility index (Phi) is 2.35. The van der Waals surface area contributed by atoms with Gasteiger partial charge in [0, 0.05) is 32.2 Å². The molecule has 0 unspecified atom stereocenters. The predicted molar refractivity (Wildman–Crippen MR) is 44.4 cm³/mol. The van der Waals surface area contributed by atoms with Crippen LogP contribution < -0.4 is 0 Å². The van der Waals surface area contributed by atoms with Gasteiger partial charge in [0.05, 0.1) is 12.7 Å². The zero-order chi connectivity index (χ0) is 8.55. The maximum absolute atomic E-state index is 11.3. The molecule has 1 saturated heterocycles. The molecule has 12 heavy (non-hydrogen) atoms. The highest BCUT2D eigenvalue weighted by Gasteiger charge is 2.44. The Morgan fingerprint density at radius 1 is 1.50 bits per heavy atom. The number of likely N-dealkylation sites (tertiary alicyclic amines) is 1. The third-order valence-electron chi connectivity index (χ3n) is 3.17. The number of methoxy groups -OCH3 is 1. The summed E-state index contributed by atoms with van der Waals surface area (Å²) in [5.41, 5.74) is 0. The van der Waals surface area contributed by atoms with Crippen LogP contribution in [0.2, 0.25) is 0 Å². The molecule has 69 valence electrons.